The van der Waals surface area contributed by atoms with Gasteiger partial charge in [-0.1, -0.05) is 392 Å². The minimum absolute atomic E-state index is 0.0220. The summed E-state index contributed by atoms with van der Waals surface area (Å²) in [7, 11) is 0. The fourth-order valence-corrected chi connectivity index (χ4v) is 11.9. The lowest BCUT2D eigenvalue weighted by Crippen LogP contribution is -2.45. The van der Waals surface area contributed by atoms with Gasteiger partial charge in [0, 0.05) is 12.8 Å². The van der Waals surface area contributed by atoms with Crippen molar-refractivity contribution in [2.75, 3.05) is 13.2 Å². The van der Waals surface area contributed by atoms with Crippen LogP contribution in [0, 0.1) is 0 Å². The van der Waals surface area contributed by atoms with Crippen molar-refractivity contribution in [2.45, 2.75) is 437 Å². The Morgan fingerprint density at radius 3 is 0.850 bits per heavy atom. The molecule has 0 aliphatic carbocycles. The molecule has 80 heavy (non-hydrogen) atoms. The van der Waals surface area contributed by atoms with Crippen LogP contribution in [0.25, 0.3) is 0 Å². The van der Waals surface area contributed by atoms with Crippen molar-refractivity contribution >= 4 is 11.9 Å². The van der Waals surface area contributed by atoms with Gasteiger partial charge >= 0.3 is 5.97 Å². The van der Waals surface area contributed by atoms with Crippen molar-refractivity contribution < 1.29 is 24.5 Å². The van der Waals surface area contributed by atoms with E-state index in [4.69, 9.17) is 4.74 Å². The molecular weight excluding hydrogens is 983 g/mol. The first-order valence-electron chi connectivity index (χ1n) is 37.0. The van der Waals surface area contributed by atoms with E-state index >= 15 is 0 Å². The lowest BCUT2D eigenvalue weighted by Gasteiger charge is -2.20. The summed E-state index contributed by atoms with van der Waals surface area (Å²) >= 11 is 0. The zero-order chi connectivity index (χ0) is 57.8. The number of carbonyl (C=O) groups excluding carboxylic acids is 2. The van der Waals surface area contributed by atoms with Gasteiger partial charge < -0.3 is 20.3 Å². The highest BCUT2D eigenvalue weighted by Crippen LogP contribution is 2.20. The molecule has 0 aromatic rings. The summed E-state index contributed by atoms with van der Waals surface area (Å²) in [5.74, 6) is -0.0398. The smallest absolute Gasteiger partial charge is 0.305 e. The first-order valence-corrected chi connectivity index (χ1v) is 37.0. The Bertz CT molecular complexity index is 1210. The maximum absolute atomic E-state index is 12.5. The van der Waals surface area contributed by atoms with Gasteiger partial charge in [-0.05, 0) is 32.1 Å². The van der Waals surface area contributed by atoms with Gasteiger partial charge in [0.1, 0.15) is 0 Å². The van der Waals surface area contributed by atoms with Crippen molar-refractivity contribution in [2.24, 2.45) is 0 Å². The number of unbranched alkanes of at least 4 members (excludes halogenated alkanes) is 59. The van der Waals surface area contributed by atoms with Crippen molar-refractivity contribution in [1.82, 2.24) is 5.32 Å². The third-order valence-corrected chi connectivity index (χ3v) is 17.6. The molecule has 0 aromatic heterocycles. The molecule has 0 radical (unpaired) electrons. The van der Waals surface area contributed by atoms with Crippen LogP contribution in [-0.2, 0) is 14.3 Å². The van der Waals surface area contributed by atoms with Crippen molar-refractivity contribution in [3.63, 3.8) is 0 Å². The highest BCUT2D eigenvalue weighted by Gasteiger charge is 2.18. The second-order valence-electron chi connectivity index (χ2n) is 25.6. The zero-order valence-electron chi connectivity index (χ0n) is 54.6. The number of ether oxygens (including phenoxy) is 1. The quantitative estimate of drug-likeness (QED) is 0.0320. The standard InChI is InChI=1S/C74H145NO5/c1-3-5-7-9-11-13-15-17-19-21-30-34-38-42-46-50-54-58-62-66-72(77)71(70-76)75-73(78)67-63-59-55-51-47-43-39-35-32-28-26-24-23-25-27-29-33-37-41-45-49-53-57-61-65-69-80-74(79)68-64-60-56-52-48-44-40-36-31-22-20-18-16-14-12-10-8-6-4-2/h62,66,71-72,76-77H,3-61,63-65,67-70H2,1-2H3,(H,75,78)/b66-62+. The average molecular weight is 1130 g/mol. The van der Waals surface area contributed by atoms with Gasteiger partial charge in [0.2, 0.25) is 5.91 Å². The van der Waals surface area contributed by atoms with E-state index in [-0.39, 0.29) is 18.5 Å². The van der Waals surface area contributed by atoms with Crippen LogP contribution in [0.1, 0.15) is 425 Å². The number of aliphatic hydroxyl groups is 2. The van der Waals surface area contributed by atoms with Crippen molar-refractivity contribution in [3.8, 4) is 0 Å². The van der Waals surface area contributed by atoms with E-state index in [0.717, 1.165) is 38.5 Å². The summed E-state index contributed by atoms with van der Waals surface area (Å²) < 4.78 is 5.52. The maximum Gasteiger partial charge on any atom is 0.305 e. The molecule has 0 saturated heterocycles. The molecule has 0 bridgehead atoms. The number of aliphatic hydroxyl groups excluding tert-OH is 2. The summed E-state index contributed by atoms with van der Waals surface area (Å²) in [6.45, 7) is 4.96. The molecule has 0 aromatic carbocycles. The van der Waals surface area contributed by atoms with E-state index in [1.54, 1.807) is 6.08 Å². The number of nitrogens with one attached hydrogen (secondary N) is 1. The normalized spacial score (nSPS) is 12.5. The predicted octanol–water partition coefficient (Wildman–Crippen LogP) is 23.9. The van der Waals surface area contributed by atoms with Crippen LogP contribution in [0.15, 0.2) is 12.2 Å². The van der Waals surface area contributed by atoms with E-state index in [0.29, 0.717) is 19.4 Å². The number of rotatable bonds is 70. The first kappa shape index (κ1) is 78.6. The Morgan fingerprint density at radius 1 is 0.338 bits per heavy atom. The zero-order valence-corrected chi connectivity index (χ0v) is 54.6. The van der Waals surface area contributed by atoms with E-state index in [2.05, 4.69) is 19.2 Å². The topological polar surface area (TPSA) is 95.9 Å². The molecule has 6 nitrogen and oxygen atoms in total. The van der Waals surface area contributed by atoms with Gasteiger partial charge in [-0.25, -0.2) is 0 Å². The molecule has 0 fully saturated rings. The average Bonchev–Trinajstić information content (AvgIpc) is 3.46. The molecule has 476 valence electrons. The largest absolute Gasteiger partial charge is 0.466 e. The monoisotopic (exact) mass is 1130 g/mol. The molecule has 6 heteroatoms. The molecule has 2 atom stereocenters. The molecule has 3 N–H and O–H groups in total. The number of hydrogen-bond acceptors (Lipinski definition) is 5. The minimum atomic E-state index is -0.843. The van der Waals surface area contributed by atoms with E-state index in [1.165, 1.54) is 360 Å². The summed E-state index contributed by atoms with van der Waals surface area (Å²) in [6, 6.07) is -0.627. The molecule has 1 amide bonds. The molecule has 0 rings (SSSR count). The second-order valence-corrected chi connectivity index (χ2v) is 25.6. The number of esters is 1. The Labute approximate surface area is 501 Å². The first-order chi connectivity index (χ1) is 39.5. The molecule has 0 heterocycles. The van der Waals surface area contributed by atoms with Gasteiger partial charge in [0.25, 0.3) is 0 Å². The Balaban J connectivity index is 3.35. The van der Waals surface area contributed by atoms with Crippen LogP contribution in [0.4, 0.5) is 0 Å². The van der Waals surface area contributed by atoms with Crippen molar-refractivity contribution in [3.05, 3.63) is 12.2 Å². The molecule has 2 unspecified atom stereocenters. The second kappa shape index (κ2) is 70.1. The third-order valence-electron chi connectivity index (χ3n) is 17.6. The Hall–Kier alpha value is -1.40. The summed E-state index contributed by atoms with van der Waals surface area (Å²) in [4.78, 5) is 24.6. The molecule has 0 aliphatic heterocycles. The van der Waals surface area contributed by atoms with Crippen LogP contribution in [0.2, 0.25) is 0 Å². The van der Waals surface area contributed by atoms with Crippen LogP contribution < -0.4 is 5.32 Å². The van der Waals surface area contributed by atoms with Crippen LogP contribution in [-0.4, -0.2) is 47.4 Å². The highest BCUT2D eigenvalue weighted by molar-refractivity contribution is 5.76. The lowest BCUT2D eigenvalue weighted by atomic mass is 10.0. The molecular formula is C74H145NO5. The predicted molar refractivity (Wildman–Crippen MR) is 352 cm³/mol. The molecule has 0 aliphatic rings. The Kier molecular flexibility index (Phi) is 68.9. The van der Waals surface area contributed by atoms with Gasteiger partial charge in [0.05, 0.1) is 25.4 Å². The van der Waals surface area contributed by atoms with Gasteiger partial charge in [-0.15, -0.1) is 0 Å². The van der Waals surface area contributed by atoms with E-state index in [1.807, 2.05) is 6.08 Å². The van der Waals surface area contributed by atoms with Crippen molar-refractivity contribution in [1.29, 1.82) is 0 Å². The van der Waals surface area contributed by atoms with Crippen LogP contribution >= 0.6 is 0 Å². The van der Waals surface area contributed by atoms with Gasteiger partial charge in [-0.2, -0.15) is 0 Å². The molecule has 0 saturated carbocycles. The lowest BCUT2D eigenvalue weighted by molar-refractivity contribution is -0.143. The SMILES string of the molecule is CCCCCCCCCCCCCCCCCCC/C=C/C(O)C(CO)NC(=O)CCCCCCCCCCCCCCCCCCCCCCCCCCCOC(=O)CCCCCCCCCCCCCCCCCCCCC. The maximum atomic E-state index is 12.5. The number of carbonyl (C=O) groups is 2. The number of allylic oxidation sites excluding steroid dienone is 1. The van der Waals surface area contributed by atoms with E-state index in [9.17, 15) is 19.8 Å². The van der Waals surface area contributed by atoms with Gasteiger partial charge in [0.15, 0.2) is 0 Å². The third kappa shape index (κ3) is 65.7. The van der Waals surface area contributed by atoms with Gasteiger partial charge in [-0.3, -0.25) is 9.59 Å². The Morgan fingerprint density at radius 2 is 0.575 bits per heavy atom. The minimum Gasteiger partial charge on any atom is -0.466 e. The summed E-state index contributed by atoms with van der Waals surface area (Å²) in [5, 5.41) is 23.2. The fourth-order valence-electron chi connectivity index (χ4n) is 11.9. The number of amides is 1. The highest BCUT2D eigenvalue weighted by atomic mass is 16.5. The summed E-state index contributed by atoms with van der Waals surface area (Å²) in [6.07, 6.45) is 87.3. The summed E-state index contributed by atoms with van der Waals surface area (Å²) in [5.41, 5.74) is 0. The van der Waals surface area contributed by atoms with Crippen LogP contribution in [0.5, 0.6) is 0 Å². The number of hydrogen-bond donors (Lipinski definition) is 3. The van der Waals surface area contributed by atoms with Crippen LogP contribution in [0.3, 0.4) is 0 Å². The molecule has 0 spiro atoms. The van der Waals surface area contributed by atoms with E-state index < -0.39 is 12.1 Å². The fraction of sp³-hybridized carbons (Fsp3) is 0.946.